The van der Waals surface area contributed by atoms with E-state index in [1.807, 2.05) is 0 Å². The van der Waals surface area contributed by atoms with Gasteiger partial charge in [0.05, 0.1) is 42.9 Å². The fourth-order valence-electron chi connectivity index (χ4n) is 7.24. The molecule has 4 atom stereocenters. The number of nitrogens with zero attached hydrogens (tertiary/aromatic N) is 1. The molecule has 14 heteroatoms. The summed E-state index contributed by atoms with van der Waals surface area (Å²) in [5, 5.41) is 10.3. The van der Waals surface area contributed by atoms with Crippen LogP contribution in [0, 0.1) is 17.8 Å². The lowest BCUT2D eigenvalue weighted by atomic mass is 9.59. The van der Waals surface area contributed by atoms with Crippen molar-refractivity contribution in [3.63, 3.8) is 0 Å². The summed E-state index contributed by atoms with van der Waals surface area (Å²) in [6, 6.07) is 3.08. The minimum absolute atomic E-state index is 0.0529. The van der Waals surface area contributed by atoms with E-state index in [1.54, 1.807) is 6.08 Å². The van der Waals surface area contributed by atoms with Crippen molar-refractivity contribution in [2.45, 2.75) is 38.0 Å². The van der Waals surface area contributed by atoms with Crippen LogP contribution >= 0.6 is 0 Å². The van der Waals surface area contributed by atoms with Crippen LogP contribution in [-0.4, -0.2) is 42.7 Å². The van der Waals surface area contributed by atoms with Gasteiger partial charge in [0.25, 0.3) is 0 Å². The molecule has 8 nitrogen and oxygen atoms in total. The van der Waals surface area contributed by atoms with Crippen LogP contribution in [0.5, 0.6) is 17.2 Å². The molecule has 1 N–H and O–H groups in total. The average Bonchev–Trinajstić information content (AvgIpc) is 3.26. The summed E-state index contributed by atoms with van der Waals surface area (Å²) in [5.41, 5.74) is -3.35. The van der Waals surface area contributed by atoms with E-state index in [0.717, 1.165) is 0 Å². The first-order valence-electron chi connectivity index (χ1n) is 14.3. The van der Waals surface area contributed by atoms with Gasteiger partial charge in [0, 0.05) is 40.3 Å². The maximum Gasteiger partial charge on any atom is 0.416 e. The SMILES string of the molecule is COc1cc(O)cc(OC)c1[C@H]1C2=CC[C@@H]3C(=O)N(c4cc(C(F)(F)F)cc(C(F)(F)F)c4)C(=O)[C@@H]3[C@@H]2CC2=C1C(=O)C=C(C)C2=O. The summed E-state index contributed by atoms with van der Waals surface area (Å²) in [7, 11) is 2.61. The zero-order valence-corrected chi connectivity index (χ0v) is 24.9. The number of ether oxygens (including phenoxy) is 2. The summed E-state index contributed by atoms with van der Waals surface area (Å²) in [5.74, 6) is -7.59. The quantitative estimate of drug-likeness (QED) is 0.183. The topological polar surface area (TPSA) is 110 Å². The number of phenolic OH excluding ortho intramolecular Hbond substituents is 1. The number of alkyl halides is 6. The Morgan fingerprint density at radius 2 is 1.40 bits per heavy atom. The molecule has 2 aromatic rings. The zero-order valence-electron chi connectivity index (χ0n) is 24.9. The van der Waals surface area contributed by atoms with Crippen molar-refractivity contribution in [3.8, 4) is 17.2 Å². The minimum Gasteiger partial charge on any atom is -0.508 e. The van der Waals surface area contributed by atoms with Crippen LogP contribution in [0.2, 0.25) is 0 Å². The van der Waals surface area contributed by atoms with E-state index in [2.05, 4.69) is 0 Å². The lowest BCUT2D eigenvalue weighted by molar-refractivity contribution is -0.143. The number of carbonyl (C=O) groups excluding carboxylic acids is 4. The first kappa shape index (κ1) is 32.1. The Morgan fingerprint density at radius 3 is 1.94 bits per heavy atom. The van der Waals surface area contributed by atoms with Gasteiger partial charge < -0.3 is 14.6 Å². The number of phenols is 1. The summed E-state index contributed by atoms with van der Waals surface area (Å²) >= 11 is 0. The van der Waals surface area contributed by atoms with E-state index in [-0.39, 0.29) is 58.4 Å². The van der Waals surface area contributed by atoms with Crippen molar-refractivity contribution in [1.29, 1.82) is 0 Å². The Morgan fingerprint density at radius 1 is 0.830 bits per heavy atom. The van der Waals surface area contributed by atoms with Crippen molar-refractivity contribution < 1.29 is 60.1 Å². The van der Waals surface area contributed by atoms with E-state index in [9.17, 15) is 50.6 Å². The number of aromatic hydroxyl groups is 1. The largest absolute Gasteiger partial charge is 0.508 e. The van der Waals surface area contributed by atoms with Gasteiger partial charge in [-0.05, 0) is 50.0 Å². The van der Waals surface area contributed by atoms with Crippen molar-refractivity contribution in [2.24, 2.45) is 17.8 Å². The second-order valence-electron chi connectivity index (χ2n) is 11.8. The molecule has 4 aliphatic rings. The highest BCUT2D eigenvalue weighted by Crippen LogP contribution is 2.58. The molecule has 1 heterocycles. The Bertz CT molecular complexity index is 1810. The van der Waals surface area contributed by atoms with Crippen LogP contribution in [-0.2, 0) is 31.5 Å². The molecule has 0 unspecified atom stereocenters. The molecule has 1 aliphatic heterocycles. The highest BCUT2D eigenvalue weighted by Gasteiger charge is 2.57. The Balaban J connectivity index is 1.52. The van der Waals surface area contributed by atoms with Crippen LogP contribution in [0.25, 0.3) is 0 Å². The van der Waals surface area contributed by atoms with Crippen LogP contribution in [0.1, 0.15) is 42.4 Å². The van der Waals surface area contributed by atoms with Gasteiger partial charge >= 0.3 is 12.4 Å². The number of Topliss-reactive ketones (excluding diaryl/α,β-unsaturated/α-hetero) is 1. The normalized spacial score (nSPS) is 24.5. The molecule has 0 bridgehead atoms. The summed E-state index contributed by atoms with van der Waals surface area (Å²) in [4.78, 5) is 55.2. The summed E-state index contributed by atoms with van der Waals surface area (Å²) in [6.07, 6.45) is -7.98. The minimum atomic E-state index is -5.22. The molecule has 0 aromatic heterocycles. The number of allylic oxidation sites excluding steroid dienone is 6. The third-order valence-corrected chi connectivity index (χ3v) is 9.21. The van der Waals surface area contributed by atoms with Crippen molar-refractivity contribution in [2.75, 3.05) is 19.1 Å². The predicted octanol–water partition coefficient (Wildman–Crippen LogP) is 6.08. The molecule has 1 saturated heterocycles. The molecular formula is C33H25F6NO7. The number of hydrogen-bond donors (Lipinski definition) is 1. The number of anilines is 1. The second-order valence-corrected chi connectivity index (χ2v) is 11.8. The number of hydrogen-bond acceptors (Lipinski definition) is 7. The highest BCUT2D eigenvalue weighted by molar-refractivity contribution is 6.25. The Hall–Kier alpha value is -4.88. The number of methoxy groups -OCH3 is 2. The molecule has 47 heavy (non-hydrogen) atoms. The smallest absolute Gasteiger partial charge is 0.416 e. The molecule has 0 spiro atoms. The molecular weight excluding hydrogens is 636 g/mol. The van der Waals surface area contributed by atoms with Crippen LogP contribution < -0.4 is 14.4 Å². The van der Waals surface area contributed by atoms with Crippen LogP contribution in [0.15, 0.2) is 64.8 Å². The zero-order chi connectivity index (χ0) is 34.3. The predicted molar refractivity (Wildman–Crippen MR) is 151 cm³/mol. The van der Waals surface area contributed by atoms with E-state index in [0.29, 0.717) is 22.6 Å². The Labute approximate surface area is 262 Å². The van der Waals surface area contributed by atoms with Crippen molar-refractivity contribution in [1.82, 2.24) is 0 Å². The molecule has 6 rings (SSSR count). The fraction of sp³-hybridized carbons (Fsp3) is 0.333. The monoisotopic (exact) mass is 661 g/mol. The first-order valence-corrected chi connectivity index (χ1v) is 14.3. The maximum atomic E-state index is 14.1. The van der Waals surface area contributed by atoms with Gasteiger partial charge in [0.1, 0.15) is 17.2 Å². The molecule has 2 aromatic carbocycles. The number of carbonyl (C=O) groups is 4. The van der Waals surface area contributed by atoms with E-state index in [4.69, 9.17) is 9.47 Å². The third-order valence-electron chi connectivity index (χ3n) is 9.21. The first-order chi connectivity index (χ1) is 22.0. The van der Waals surface area contributed by atoms with Crippen LogP contribution in [0.4, 0.5) is 32.0 Å². The maximum absolute atomic E-state index is 14.1. The van der Waals surface area contributed by atoms with Gasteiger partial charge in [-0.25, -0.2) is 4.90 Å². The van der Waals surface area contributed by atoms with Crippen molar-refractivity contribution >= 4 is 29.1 Å². The highest BCUT2D eigenvalue weighted by atomic mass is 19.4. The summed E-state index contributed by atoms with van der Waals surface area (Å²) in [6.45, 7) is 1.44. The molecule has 2 amide bonds. The second kappa shape index (κ2) is 10.8. The van der Waals surface area contributed by atoms with E-state index in [1.165, 1.54) is 39.4 Å². The number of ketones is 2. The molecule has 246 valence electrons. The molecule has 0 saturated carbocycles. The molecule has 0 radical (unpaired) electrons. The molecule has 3 aliphatic carbocycles. The van der Waals surface area contributed by atoms with E-state index < -0.39 is 76.2 Å². The van der Waals surface area contributed by atoms with E-state index >= 15 is 0 Å². The van der Waals surface area contributed by atoms with Gasteiger partial charge in [-0.15, -0.1) is 0 Å². The Kier molecular flexibility index (Phi) is 7.40. The number of rotatable bonds is 4. The fourth-order valence-corrected chi connectivity index (χ4v) is 7.24. The lowest BCUT2D eigenvalue weighted by Crippen LogP contribution is -2.40. The number of benzene rings is 2. The number of imide groups is 1. The average molecular weight is 662 g/mol. The molecule has 1 fully saturated rings. The van der Waals surface area contributed by atoms with Gasteiger partial charge in [-0.3, -0.25) is 19.2 Å². The summed E-state index contributed by atoms with van der Waals surface area (Å²) < 4.78 is 93.1. The standard InChI is InChI=1S/C33H25F6NO7/c1-13-6-22(42)26-21(29(13)43)12-20-18(27(26)28-23(46-2)10-17(41)11-24(28)47-3)4-5-19-25(20)31(45)40(30(19)44)16-8-14(32(34,35)36)7-15(9-16)33(37,38)39/h4,6-11,19-20,25,27,41H,5,12H2,1-3H3/t19-,20+,25-,27-/m0/s1. The van der Waals surface area contributed by atoms with Gasteiger partial charge in [-0.2, -0.15) is 26.3 Å². The number of fused-ring (bicyclic) bond motifs is 3. The third kappa shape index (κ3) is 5.01. The number of amides is 2. The number of halogens is 6. The van der Waals surface area contributed by atoms with Crippen molar-refractivity contribution in [3.05, 3.63) is 81.5 Å². The van der Waals surface area contributed by atoms with Crippen LogP contribution in [0.3, 0.4) is 0 Å². The van der Waals surface area contributed by atoms with Gasteiger partial charge in [0.2, 0.25) is 11.8 Å². The lowest BCUT2D eigenvalue weighted by Gasteiger charge is -2.42. The van der Waals surface area contributed by atoms with Gasteiger partial charge in [0.15, 0.2) is 11.6 Å². The van der Waals surface area contributed by atoms with Gasteiger partial charge in [-0.1, -0.05) is 11.6 Å².